The van der Waals surface area contributed by atoms with Gasteiger partial charge in [0.25, 0.3) is 0 Å². The Kier molecular flexibility index (Phi) is 6.28. The van der Waals surface area contributed by atoms with Gasteiger partial charge in [-0.3, -0.25) is 9.59 Å². The predicted molar refractivity (Wildman–Crippen MR) is 109 cm³/mol. The van der Waals surface area contributed by atoms with E-state index in [1.807, 2.05) is 0 Å². The smallest absolute Gasteiger partial charge is 0.341 e. The van der Waals surface area contributed by atoms with Gasteiger partial charge in [0.2, 0.25) is 0 Å². The van der Waals surface area contributed by atoms with Gasteiger partial charge in [0.05, 0.1) is 18.4 Å². The van der Waals surface area contributed by atoms with Crippen LogP contribution in [-0.2, 0) is 27.2 Å². The van der Waals surface area contributed by atoms with Crippen molar-refractivity contribution in [2.75, 3.05) is 12.4 Å². The third kappa shape index (κ3) is 4.62. The molecule has 0 saturated heterocycles. The number of aryl methyl sites for hydroxylation is 1. The summed E-state index contributed by atoms with van der Waals surface area (Å²) in [5.41, 5.74) is 4.58. The van der Waals surface area contributed by atoms with Crippen LogP contribution in [0.3, 0.4) is 0 Å². The van der Waals surface area contributed by atoms with Gasteiger partial charge in [0.1, 0.15) is 10.8 Å². The van der Waals surface area contributed by atoms with Crippen molar-refractivity contribution < 1.29 is 24.2 Å². The molecule has 29 heavy (non-hydrogen) atoms. The number of anilines is 1. The van der Waals surface area contributed by atoms with Crippen molar-refractivity contribution in [1.29, 1.82) is 0 Å². The van der Waals surface area contributed by atoms with E-state index in [0.717, 1.165) is 36.1 Å². The summed E-state index contributed by atoms with van der Waals surface area (Å²) in [6, 6.07) is 6.27. The van der Waals surface area contributed by atoms with E-state index < -0.39 is 17.8 Å². The van der Waals surface area contributed by atoms with Crippen molar-refractivity contribution in [3.05, 3.63) is 45.8 Å². The van der Waals surface area contributed by atoms with Crippen LogP contribution in [0.25, 0.3) is 0 Å². The van der Waals surface area contributed by atoms with E-state index in [2.05, 4.69) is 15.8 Å². The molecule has 1 aliphatic carbocycles. The second-order valence-electron chi connectivity index (χ2n) is 6.55. The summed E-state index contributed by atoms with van der Waals surface area (Å²) in [7, 11) is 1.29. The Labute approximate surface area is 171 Å². The molecular formula is C20H21N3O5S. The van der Waals surface area contributed by atoms with Crippen LogP contribution in [0.2, 0.25) is 0 Å². The van der Waals surface area contributed by atoms with Gasteiger partial charge in [-0.25, -0.2) is 10.2 Å². The maximum atomic E-state index is 12.3. The van der Waals surface area contributed by atoms with Gasteiger partial charge >= 0.3 is 17.8 Å². The van der Waals surface area contributed by atoms with E-state index in [-0.39, 0.29) is 5.75 Å². The van der Waals surface area contributed by atoms with Gasteiger partial charge in [0, 0.05) is 4.88 Å². The van der Waals surface area contributed by atoms with Crippen molar-refractivity contribution in [2.45, 2.75) is 32.6 Å². The molecule has 0 radical (unpaired) electrons. The number of thiophene rings is 1. The van der Waals surface area contributed by atoms with E-state index in [9.17, 15) is 19.5 Å². The molecule has 1 aromatic heterocycles. The molecule has 0 spiro atoms. The molecule has 0 unspecified atom stereocenters. The van der Waals surface area contributed by atoms with Crippen molar-refractivity contribution >= 4 is 39.8 Å². The zero-order valence-electron chi connectivity index (χ0n) is 16.1. The van der Waals surface area contributed by atoms with Crippen LogP contribution in [0.5, 0.6) is 5.75 Å². The molecule has 2 aromatic rings. The monoisotopic (exact) mass is 415 g/mol. The Bertz CT molecular complexity index is 979. The lowest BCUT2D eigenvalue weighted by molar-refractivity contribution is -0.136. The fourth-order valence-corrected chi connectivity index (χ4v) is 4.36. The fraction of sp³-hybridized carbons (Fsp3) is 0.300. The van der Waals surface area contributed by atoms with Crippen LogP contribution in [0, 0.1) is 0 Å². The number of carbonyl (C=O) groups excluding carboxylic acids is 3. The minimum absolute atomic E-state index is 0.116. The molecule has 1 heterocycles. The maximum absolute atomic E-state index is 12.3. The number of fused-ring (bicyclic) bond motifs is 1. The van der Waals surface area contributed by atoms with E-state index >= 15 is 0 Å². The van der Waals surface area contributed by atoms with Crippen molar-refractivity contribution in [1.82, 2.24) is 5.43 Å². The van der Waals surface area contributed by atoms with Gasteiger partial charge in [-0.15, -0.1) is 11.3 Å². The Morgan fingerprint density at radius 2 is 1.79 bits per heavy atom. The van der Waals surface area contributed by atoms with Gasteiger partial charge in [0.15, 0.2) is 0 Å². The van der Waals surface area contributed by atoms with E-state index in [1.165, 1.54) is 30.6 Å². The zero-order chi connectivity index (χ0) is 21.0. The Balaban J connectivity index is 1.72. The molecule has 0 aliphatic heterocycles. The molecule has 9 heteroatoms. The number of hydrogen-bond acceptors (Lipinski definition) is 7. The third-order valence-corrected chi connectivity index (χ3v) is 5.81. The summed E-state index contributed by atoms with van der Waals surface area (Å²) in [5, 5.41) is 16.1. The molecule has 3 rings (SSSR count). The lowest BCUT2D eigenvalue weighted by Gasteiger charge is -2.11. The van der Waals surface area contributed by atoms with Crippen LogP contribution in [0.4, 0.5) is 5.00 Å². The first-order valence-electron chi connectivity index (χ1n) is 9.08. The number of nitrogens with one attached hydrogen (secondary N) is 2. The average Bonchev–Trinajstić information content (AvgIpc) is 3.09. The SMILES string of the molecule is COC(=O)c1c(NC(=O)C(=O)N/N=C(\C)c2ccc(O)cc2)sc2c1CCCC2. The highest BCUT2D eigenvalue weighted by Gasteiger charge is 2.28. The number of esters is 1. The number of methoxy groups -OCH3 is 1. The number of amides is 2. The molecule has 0 saturated carbocycles. The van der Waals surface area contributed by atoms with E-state index in [4.69, 9.17) is 4.74 Å². The molecule has 1 aromatic carbocycles. The number of carbonyl (C=O) groups is 3. The minimum Gasteiger partial charge on any atom is -0.508 e. The summed E-state index contributed by atoms with van der Waals surface area (Å²) < 4.78 is 4.86. The van der Waals surface area contributed by atoms with Crippen LogP contribution in [-0.4, -0.2) is 35.7 Å². The normalized spacial score (nSPS) is 13.4. The first-order chi connectivity index (χ1) is 13.9. The molecule has 3 N–H and O–H groups in total. The van der Waals surface area contributed by atoms with Crippen LogP contribution in [0.15, 0.2) is 29.4 Å². The van der Waals surface area contributed by atoms with Crippen molar-refractivity contribution in [3.8, 4) is 5.75 Å². The summed E-state index contributed by atoms with van der Waals surface area (Å²) in [6.07, 6.45) is 3.57. The molecule has 1 aliphatic rings. The second kappa shape index (κ2) is 8.87. The maximum Gasteiger partial charge on any atom is 0.341 e. The predicted octanol–water partition coefficient (Wildman–Crippen LogP) is 2.60. The number of phenolic OH excluding ortho intramolecular Hbond substituents is 1. The van der Waals surface area contributed by atoms with Crippen LogP contribution in [0.1, 0.15) is 46.1 Å². The van der Waals surface area contributed by atoms with Gasteiger partial charge in [-0.2, -0.15) is 5.10 Å². The number of benzene rings is 1. The number of rotatable bonds is 4. The molecule has 152 valence electrons. The molecule has 8 nitrogen and oxygen atoms in total. The number of hydrazone groups is 1. The first kappa shape index (κ1) is 20.5. The Morgan fingerprint density at radius 1 is 1.10 bits per heavy atom. The van der Waals surface area contributed by atoms with Crippen molar-refractivity contribution in [2.24, 2.45) is 5.10 Å². The largest absolute Gasteiger partial charge is 0.508 e. The minimum atomic E-state index is -0.953. The Hall–Kier alpha value is -3.20. The average molecular weight is 415 g/mol. The molecular weight excluding hydrogens is 394 g/mol. The van der Waals surface area contributed by atoms with Gasteiger partial charge in [-0.05, 0) is 68.0 Å². The van der Waals surface area contributed by atoms with E-state index in [0.29, 0.717) is 21.8 Å². The first-order valence-corrected chi connectivity index (χ1v) is 9.90. The molecule has 0 atom stereocenters. The van der Waals surface area contributed by atoms with E-state index in [1.54, 1.807) is 19.1 Å². The highest BCUT2D eigenvalue weighted by atomic mass is 32.1. The molecule has 0 bridgehead atoms. The topological polar surface area (TPSA) is 117 Å². The summed E-state index contributed by atoms with van der Waals surface area (Å²) in [5.74, 6) is -2.28. The third-order valence-electron chi connectivity index (χ3n) is 4.60. The number of ether oxygens (including phenoxy) is 1. The highest BCUT2D eigenvalue weighted by molar-refractivity contribution is 7.17. The fourth-order valence-electron chi connectivity index (χ4n) is 3.08. The van der Waals surface area contributed by atoms with Gasteiger partial charge in [-0.1, -0.05) is 0 Å². The van der Waals surface area contributed by atoms with Crippen molar-refractivity contribution in [3.63, 3.8) is 0 Å². The number of phenols is 1. The lowest BCUT2D eigenvalue weighted by atomic mass is 9.95. The standard InChI is InChI=1S/C20H21N3O5S/c1-11(12-7-9-13(24)10-8-12)22-23-18(26)17(25)21-19-16(20(27)28-2)14-5-3-4-6-15(14)29-19/h7-10,24H,3-6H2,1-2H3,(H,21,25)(H,23,26)/b22-11+. The van der Waals surface area contributed by atoms with Gasteiger partial charge < -0.3 is 15.2 Å². The number of hydrogen-bond donors (Lipinski definition) is 3. The molecule has 2 amide bonds. The summed E-state index contributed by atoms with van der Waals surface area (Å²) in [6.45, 7) is 1.66. The Morgan fingerprint density at radius 3 is 2.48 bits per heavy atom. The zero-order valence-corrected chi connectivity index (χ0v) is 16.9. The highest BCUT2D eigenvalue weighted by Crippen LogP contribution is 2.38. The summed E-state index contributed by atoms with van der Waals surface area (Å²) >= 11 is 1.30. The molecule has 0 fully saturated rings. The second-order valence-corrected chi connectivity index (χ2v) is 7.65. The summed E-state index contributed by atoms with van der Waals surface area (Å²) in [4.78, 5) is 37.7. The van der Waals surface area contributed by atoms with Crippen LogP contribution < -0.4 is 10.7 Å². The quantitative estimate of drug-likeness (QED) is 0.307. The van der Waals surface area contributed by atoms with Crippen LogP contribution >= 0.6 is 11.3 Å². The number of aromatic hydroxyl groups is 1. The number of nitrogens with zero attached hydrogens (tertiary/aromatic N) is 1. The lowest BCUT2D eigenvalue weighted by Crippen LogP contribution is -2.33.